The van der Waals surface area contributed by atoms with E-state index in [0.717, 1.165) is 12.8 Å². The maximum atomic E-state index is 12.8. The van der Waals surface area contributed by atoms with Crippen LogP contribution < -0.4 is 5.32 Å². The first-order valence-electron chi connectivity index (χ1n) is 9.08. The molecule has 2 rings (SSSR count). The van der Waals surface area contributed by atoms with E-state index in [4.69, 9.17) is 9.15 Å². The second-order valence-corrected chi connectivity index (χ2v) is 7.07. The van der Waals surface area contributed by atoms with Crippen LogP contribution in [0.5, 0.6) is 0 Å². The Balaban J connectivity index is 2.01. The summed E-state index contributed by atoms with van der Waals surface area (Å²) in [6, 6.07) is 1.81. The zero-order valence-electron chi connectivity index (χ0n) is 16.3. The van der Waals surface area contributed by atoms with E-state index in [0.29, 0.717) is 35.3 Å². The van der Waals surface area contributed by atoms with Crippen molar-refractivity contribution in [3.8, 4) is 0 Å². The molecule has 27 heavy (non-hydrogen) atoms. The third kappa shape index (κ3) is 5.64. The molecule has 2 heterocycles. The summed E-state index contributed by atoms with van der Waals surface area (Å²) in [7, 11) is 1.63. The summed E-state index contributed by atoms with van der Waals surface area (Å²) >= 11 is 1.30. The van der Waals surface area contributed by atoms with Gasteiger partial charge in [-0.3, -0.25) is 14.9 Å². The number of ether oxygens (including phenoxy) is 1. The summed E-state index contributed by atoms with van der Waals surface area (Å²) in [6.07, 6.45) is 3.47. The van der Waals surface area contributed by atoms with Crippen molar-refractivity contribution in [1.29, 1.82) is 0 Å². The van der Waals surface area contributed by atoms with E-state index in [1.54, 1.807) is 25.5 Å². The summed E-state index contributed by atoms with van der Waals surface area (Å²) in [5.74, 6) is 0.306. The minimum atomic E-state index is -0.271. The minimum absolute atomic E-state index is 0.0228. The van der Waals surface area contributed by atoms with E-state index in [1.165, 1.54) is 17.6 Å². The molecular formula is C19H27N3O4S. The van der Waals surface area contributed by atoms with Gasteiger partial charge in [0, 0.05) is 25.1 Å². The fourth-order valence-corrected chi connectivity index (χ4v) is 3.62. The molecule has 0 saturated carbocycles. The van der Waals surface area contributed by atoms with Crippen LogP contribution >= 0.6 is 11.3 Å². The van der Waals surface area contributed by atoms with Crippen molar-refractivity contribution < 1.29 is 18.7 Å². The molecule has 0 atom stereocenters. The largest absolute Gasteiger partial charge is 0.469 e. The Hall–Kier alpha value is -2.19. The minimum Gasteiger partial charge on any atom is -0.469 e. The topological polar surface area (TPSA) is 84.7 Å². The first kappa shape index (κ1) is 21.1. The maximum Gasteiger partial charge on any atom is 0.260 e. The van der Waals surface area contributed by atoms with Crippen LogP contribution in [0.15, 0.2) is 22.1 Å². The molecule has 0 saturated heterocycles. The number of aromatic nitrogens is 1. The number of carbonyl (C=O) groups is 2. The lowest BCUT2D eigenvalue weighted by atomic mass is 10.1. The van der Waals surface area contributed by atoms with Crippen molar-refractivity contribution in [3.05, 3.63) is 34.7 Å². The highest BCUT2D eigenvalue weighted by atomic mass is 32.1. The van der Waals surface area contributed by atoms with Crippen molar-refractivity contribution in [2.75, 3.05) is 25.6 Å². The lowest BCUT2D eigenvalue weighted by Gasteiger charge is -2.30. The molecule has 2 aromatic heterocycles. The molecule has 0 aliphatic heterocycles. The Labute approximate surface area is 163 Å². The van der Waals surface area contributed by atoms with Crippen LogP contribution in [0.3, 0.4) is 0 Å². The van der Waals surface area contributed by atoms with Gasteiger partial charge < -0.3 is 14.1 Å². The van der Waals surface area contributed by atoms with Gasteiger partial charge in [-0.15, -0.1) is 11.3 Å². The number of hydrogen-bond acceptors (Lipinski definition) is 6. The normalized spacial score (nSPS) is 11.0. The molecular weight excluding hydrogens is 366 g/mol. The molecule has 0 unspecified atom stereocenters. The van der Waals surface area contributed by atoms with Gasteiger partial charge in [0.25, 0.3) is 5.91 Å². The molecule has 0 aliphatic rings. The number of aryl methyl sites for hydroxylation is 1. The number of carbonyl (C=O) groups excluding carboxylic acids is 2. The van der Waals surface area contributed by atoms with Crippen molar-refractivity contribution >= 4 is 28.3 Å². The standard InChI is InChI=1S/C19H27N3O4S/c1-5-15(6-2)22(8-10-25-4)17(23)11-14-12-27-19(20-14)21-18(24)16-7-9-26-13(16)3/h7,9,12,15H,5-6,8,10-11H2,1-4H3,(H,20,21,24). The van der Waals surface area contributed by atoms with Crippen LogP contribution in [0, 0.1) is 6.92 Å². The molecule has 2 aromatic rings. The Kier molecular flexibility index (Phi) is 7.99. The van der Waals surface area contributed by atoms with Crippen LogP contribution in [-0.2, 0) is 16.0 Å². The summed E-state index contributed by atoms with van der Waals surface area (Å²) in [4.78, 5) is 31.3. The molecule has 0 fully saturated rings. The van der Waals surface area contributed by atoms with E-state index in [-0.39, 0.29) is 24.3 Å². The van der Waals surface area contributed by atoms with Crippen molar-refractivity contribution in [1.82, 2.24) is 9.88 Å². The lowest BCUT2D eigenvalue weighted by molar-refractivity contribution is -0.133. The smallest absolute Gasteiger partial charge is 0.260 e. The highest BCUT2D eigenvalue weighted by Crippen LogP contribution is 2.19. The molecule has 0 aliphatic carbocycles. The number of furan rings is 1. The molecule has 0 bridgehead atoms. The van der Waals surface area contributed by atoms with Gasteiger partial charge in [-0.05, 0) is 25.8 Å². The highest BCUT2D eigenvalue weighted by Gasteiger charge is 2.22. The van der Waals surface area contributed by atoms with Gasteiger partial charge in [0.05, 0.1) is 30.5 Å². The molecule has 0 radical (unpaired) electrons. The molecule has 8 heteroatoms. The van der Waals surface area contributed by atoms with Gasteiger partial charge >= 0.3 is 0 Å². The van der Waals surface area contributed by atoms with Gasteiger partial charge in [-0.25, -0.2) is 4.98 Å². The van der Waals surface area contributed by atoms with E-state index in [2.05, 4.69) is 24.1 Å². The first-order valence-corrected chi connectivity index (χ1v) is 9.96. The van der Waals surface area contributed by atoms with Crippen LogP contribution in [-0.4, -0.2) is 48.0 Å². The number of nitrogens with one attached hydrogen (secondary N) is 1. The Morgan fingerprint density at radius 1 is 1.37 bits per heavy atom. The van der Waals surface area contributed by atoms with Gasteiger partial charge in [0.1, 0.15) is 5.76 Å². The Morgan fingerprint density at radius 2 is 2.11 bits per heavy atom. The van der Waals surface area contributed by atoms with Crippen molar-refractivity contribution in [2.24, 2.45) is 0 Å². The summed E-state index contributed by atoms with van der Waals surface area (Å²) in [6.45, 7) is 6.96. The molecule has 148 valence electrons. The fraction of sp³-hybridized carbons (Fsp3) is 0.526. The average Bonchev–Trinajstić information content (AvgIpc) is 3.27. The highest BCUT2D eigenvalue weighted by molar-refractivity contribution is 7.14. The number of nitrogens with zero attached hydrogens (tertiary/aromatic N) is 2. The number of thiazole rings is 1. The SMILES string of the molecule is CCC(CC)N(CCOC)C(=O)Cc1csc(NC(=O)c2ccoc2C)n1. The van der Waals surface area contributed by atoms with Crippen LogP contribution in [0.2, 0.25) is 0 Å². The Bertz CT molecular complexity index is 752. The second-order valence-electron chi connectivity index (χ2n) is 6.22. The van der Waals surface area contributed by atoms with Crippen LogP contribution in [0.1, 0.15) is 48.5 Å². The third-order valence-electron chi connectivity index (χ3n) is 4.45. The molecule has 0 spiro atoms. The molecule has 7 nitrogen and oxygen atoms in total. The summed E-state index contributed by atoms with van der Waals surface area (Å²) < 4.78 is 10.3. The van der Waals surface area contributed by atoms with Crippen molar-refractivity contribution in [3.63, 3.8) is 0 Å². The lowest BCUT2D eigenvalue weighted by Crippen LogP contribution is -2.42. The van der Waals surface area contributed by atoms with Crippen LogP contribution in [0.25, 0.3) is 0 Å². The molecule has 2 amide bonds. The predicted molar refractivity (Wildman–Crippen MR) is 105 cm³/mol. The number of rotatable bonds is 10. The maximum absolute atomic E-state index is 12.8. The van der Waals surface area contributed by atoms with Gasteiger partial charge in [0.15, 0.2) is 5.13 Å². The number of methoxy groups -OCH3 is 1. The summed E-state index contributed by atoms with van der Waals surface area (Å²) in [5.41, 5.74) is 1.12. The first-order chi connectivity index (χ1) is 13.0. The quantitative estimate of drug-likeness (QED) is 0.668. The number of amides is 2. The van der Waals surface area contributed by atoms with E-state index >= 15 is 0 Å². The van der Waals surface area contributed by atoms with E-state index in [1.807, 2.05) is 4.90 Å². The van der Waals surface area contributed by atoms with Gasteiger partial charge in [-0.2, -0.15) is 0 Å². The number of anilines is 1. The molecule has 1 N–H and O–H groups in total. The number of hydrogen-bond donors (Lipinski definition) is 1. The summed E-state index contributed by atoms with van der Waals surface area (Å²) in [5, 5.41) is 5.02. The van der Waals surface area contributed by atoms with Gasteiger partial charge in [0.2, 0.25) is 5.91 Å². The second kappa shape index (κ2) is 10.2. The third-order valence-corrected chi connectivity index (χ3v) is 5.25. The average molecular weight is 394 g/mol. The zero-order valence-corrected chi connectivity index (χ0v) is 17.1. The zero-order chi connectivity index (χ0) is 19.8. The Morgan fingerprint density at radius 3 is 2.70 bits per heavy atom. The van der Waals surface area contributed by atoms with Crippen molar-refractivity contribution in [2.45, 2.75) is 46.1 Å². The van der Waals surface area contributed by atoms with E-state index < -0.39 is 0 Å². The van der Waals surface area contributed by atoms with E-state index in [9.17, 15) is 9.59 Å². The molecule has 0 aromatic carbocycles. The fourth-order valence-electron chi connectivity index (χ4n) is 2.92. The van der Waals surface area contributed by atoms with Crippen LogP contribution in [0.4, 0.5) is 5.13 Å². The monoisotopic (exact) mass is 393 g/mol. The van der Waals surface area contributed by atoms with Gasteiger partial charge in [-0.1, -0.05) is 13.8 Å². The predicted octanol–water partition coefficient (Wildman–Crippen LogP) is 3.50.